The molecule has 3 heteroatoms. The van der Waals surface area contributed by atoms with Crippen LogP contribution >= 0.6 is 0 Å². The highest BCUT2D eigenvalue weighted by Crippen LogP contribution is 2.33. The summed E-state index contributed by atoms with van der Waals surface area (Å²) in [7, 11) is 0. The van der Waals surface area contributed by atoms with Crippen molar-refractivity contribution in [1.29, 1.82) is 0 Å². The highest BCUT2D eigenvalue weighted by atomic mass is 15.0. The van der Waals surface area contributed by atoms with Gasteiger partial charge in [-0.2, -0.15) is 0 Å². The lowest BCUT2D eigenvalue weighted by atomic mass is 9.92. The van der Waals surface area contributed by atoms with Crippen molar-refractivity contribution in [2.24, 2.45) is 5.92 Å². The molecule has 1 aliphatic carbocycles. The molecule has 4 atom stereocenters. The smallest absolute Gasteiger partial charge is 0.0570 e. The second-order valence-corrected chi connectivity index (χ2v) is 6.05. The Hall–Kier alpha value is -0.930. The topological polar surface area (TPSA) is 37.0 Å². The molecule has 0 aromatic carbocycles. The molecule has 3 nitrogen and oxygen atoms in total. The molecular formula is C16H25N3. The van der Waals surface area contributed by atoms with Crippen LogP contribution in [0.1, 0.15) is 50.8 Å². The number of hydrogen-bond acceptors (Lipinski definition) is 3. The van der Waals surface area contributed by atoms with Gasteiger partial charge in [-0.3, -0.25) is 4.98 Å². The Bertz CT molecular complexity index is 386. The molecule has 0 spiro atoms. The van der Waals surface area contributed by atoms with Crippen molar-refractivity contribution in [3.63, 3.8) is 0 Å². The largest absolute Gasteiger partial charge is 0.314 e. The van der Waals surface area contributed by atoms with Gasteiger partial charge in [-0.1, -0.05) is 12.5 Å². The van der Waals surface area contributed by atoms with Gasteiger partial charge in [-0.25, -0.2) is 0 Å². The van der Waals surface area contributed by atoms with Gasteiger partial charge in [0.15, 0.2) is 0 Å². The number of pyridine rings is 1. The molecule has 1 saturated carbocycles. The van der Waals surface area contributed by atoms with Crippen LogP contribution < -0.4 is 10.6 Å². The molecule has 0 amide bonds. The predicted octanol–water partition coefficient (Wildman–Crippen LogP) is 2.65. The Balaban J connectivity index is 1.62. The molecule has 1 aromatic heterocycles. The van der Waals surface area contributed by atoms with Gasteiger partial charge in [0, 0.05) is 24.3 Å². The van der Waals surface area contributed by atoms with E-state index in [0.29, 0.717) is 12.1 Å². The summed E-state index contributed by atoms with van der Waals surface area (Å²) in [6, 6.07) is 7.94. The van der Waals surface area contributed by atoms with Crippen molar-refractivity contribution in [2.75, 3.05) is 6.54 Å². The first-order chi connectivity index (χ1) is 9.34. The summed E-state index contributed by atoms with van der Waals surface area (Å²) in [5, 5.41) is 7.51. The van der Waals surface area contributed by atoms with Crippen molar-refractivity contribution in [3.05, 3.63) is 30.1 Å². The predicted molar refractivity (Wildman–Crippen MR) is 77.9 cm³/mol. The fraction of sp³-hybridized carbons (Fsp3) is 0.688. The summed E-state index contributed by atoms with van der Waals surface area (Å²) in [5.41, 5.74) is 1.16. The molecule has 2 N–H and O–H groups in total. The number of aromatic nitrogens is 1. The maximum absolute atomic E-state index is 4.47. The number of rotatable bonds is 4. The Morgan fingerprint density at radius 3 is 2.95 bits per heavy atom. The molecule has 2 aliphatic rings. The van der Waals surface area contributed by atoms with Gasteiger partial charge in [-0.05, 0) is 57.2 Å². The fourth-order valence-corrected chi connectivity index (χ4v) is 3.79. The minimum Gasteiger partial charge on any atom is -0.314 e. The highest BCUT2D eigenvalue weighted by Gasteiger charge is 2.35. The Morgan fingerprint density at radius 2 is 2.21 bits per heavy atom. The van der Waals surface area contributed by atoms with E-state index in [-0.39, 0.29) is 0 Å². The van der Waals surface area contributed by atoms with Crippen LogP contribution in [0.4, 0.5) is 0 Å². The van der Waals surface area contributed by atoms with E-state index in [2.05, 4.69) is 34.7 Å². The van der Waals surface area contributed by atoms with Gasteiger partial charge in [0.25, 0.3) is 0 Å². The standard InChI is InChI=1S/C16H25N3/c1-12(14-7-2-3-10-17-14)19-16-8-4-6-13(16)15-9-5-11-18-15/h2-3,7,10,12-13,15-16,18-19H,4-6,8-9,11H2,1H3. The molecular weight excluding hydrogens is 234 g/mol. The zero-order valence-corrected chi connectivity index (χ0v) is 11.8. The van der Waals surface area contributed by atoms with E-state index in [4.69, 9.17) is 0 Å². The fourth-order valence-electron chi connectivity index (χ4n) is 3.79. The number of nitrogens with zero attached hydrogens (tertiary/aromatic N) is 1. The molecule has 2 fully saturated rings. The molecule has 4 unspecified atom stereocenters. The van der Waals surface area contributed by atoms with Crippen molar-refractivity contribution in [1.82, 2.24) is 15.6 Å². The lowest BCUT2D eigenvalue weighted by molar-refractivity contribution is 0.302. The highest BCUT2D eigenvalue weighted by molar-refractivity contribution is 5.08. The first-order valence-electron chi connectivity index (χ1n) is 7.75. The van der Waals surface area contributed by atoms with Crippen LogP contribution in [-0.4, -0.2) is 23.6 Å². The maximum Gasteiger partial charge on any atom is 0.0570 e. The summed E-state index contributed by atoms with van der Waals surface area (Å²) in [5.74, 6) is 0.814. The minimum absolute atomic E-state index is 0.355. The maximum atomic E-state index is 4.47. The lowest BCUT2D eigenvalue weighted by Crippen LogP contribution is -2.43. The van der Waals surface area contributed by atoms with E-state index >= 15 is 0 Å². The minimum atomic E-state index is 0.355. The molecule has 0 bridgehead atoms. The van der Waals surface area contributed by atoms with Gasteiger partial charge < -0.3 is 10.6 Å². The van der Waals surface area contributed by atoms with Crippen molar-refractivity contribution >= 4 is 0 Å². The monoisotopic (exact) mass is 259 g/mol. The summed E-state index contributed by atoms with van der Waals surface area (Å²) < 4.78 is 0. The van der Waals surface area contributed by atoms with Crippen molar-refractivity contribution in [2.45, 2.75) is 57.2 Å². The van der Waals surface area contributed by atoms with Crippen molar-refractivity contribution < 1.29 is 0 Å². The molecule has 1 aliphatic heterocycles. The molecule has 104 valence electrons. The molecule has 2 heterocycles. The van der Waals surface area contributed by atoms with Crippen LogP contribution in [0.2, 0.25) is 0 Å². The normalized spacial score (nSPS) is 32.6. The third-order valence-corrected chi connectivity index (χ3v) is 4.78. The summed E-state index contributed by atoms with van der Waals surface area (Å²) >= 11 is 0. The average Bonchev–Trinajstić information content (AvgIpc) is 3.10. The van der Waals surface area contributed by atoms with E-state index in [0.717, 1.165) is 17.7 Å². The summed E-state index contributed by atoms with van der Waals surface area (Å²) in [4.78, 5) is 4.47. The zero-order chi connectivity index (χ0) is 13.1. The van der Waals surface area contributed by atoms with Gasteiger partial charge in [-0.15, -0.1) is 0 Å². The molecule has 1 saturated heterocycles. The van der Waals surface area contributed by atoms with Gasteiger partial charge in [0.2, 0.25) is 0 Å². The summed E-state index contributed by atoms with van der Waals surface area (Å²) in [6.07, 6.45) is 8.67. The van der Waals surface area contributed by atoms with Crippen LogP contribution in [0.3, 0.4) is 0 Å². The van der Waals surface area contributed by atoms with E-state index in [1.165, 1.54) is 38.6 Å². The first-order valence-corrected chi connectivity index (χ1v) is 7.75. The quantitative estimate of drug-likeness (QED) is 0.873. The van der Waals surface area contributed by atoms with Crippen LogP contribution in [0.5, 0.6) is 0 Å². The Morgan fingerprint density at radius 1 is 1.26 bits per heavy atom. The zero-order valence-electron chi connectivity index (χ0n) is 11.8. The molecule has 0 radical (unpaired) electrons. The number of nitrogens with one attached hydrogen (secondary N) is 2. The molecule has 1 aromatic rings. The van der Waals surface area contributed by atoms with Gasteiger partial charge >= 0.3 is 0 Å². The van der Waals surface area contributed by atoms with E-state index in [1.807, 2.05) is 12.3 Å². The SMILES string of the molecule is CC(NC1CCCC1C1CCCN1)c1ccccn1. The third kappa shape index (κ3) is 2.98. The molecule has 3 rings (SSSR count). The van der Waals surface area contributed by atoms with E-state index < -0.39 is 0 Å². The van der Waals surface area contributed by atoms with Crippen LogP contribution in [0.25, 0.3) is 0 Å². The average molecular weight is 259 g/mol. The number of hydrogen-bond donors (Lipinski definition) is 2. The van der Waals surface area contributed by atoms with Crippen LogP contribution in [-0.2, 0) is 0 Å². The van der Waals surface area contributed by atoms with Crippen LogP contribution in [0, 0.1) is 5.92 Å². The Kier molecular flexibility index (Phi) is 4.14. The third-order valence-electron chi connectivity index (χ3n) is 4.78. The first kappa shape index (κ1) is 13.1. The van der Waals surface area contributed by atoms with Crippen molar-refractivity contribution in [3.8, 4) is 0 Å². The summed E-state index contributed by atoms with van der Waals surface area (Å²) in [6.45, 7) is 3.45. The lowest BCUT2D eigenvalue weighted by Gasteiger charge is -2.29. The van der Waals surface area contributed by atoms with Crippen LogP contribution in [0.15, 0.2) is 24.4 Å². The van der Waals surface area contributed by atoms with E-state index in [9.17, 15) is 0 Å². The molecule has 19 heavy (non-hydrogen) atoms. The van der Waals surface area contributed by atoms with E-state index in [1.54, 1.807) is 0 Å². The van der Waals surface area contributed by atoms with Gasteiger partial charge in [0.05, 0.1) is 5.69 Å². The second kappa shape index (κ2) is 6.02. The Labute approximate surface area is 116 Å². The van der Waals surface area contributed by atoms with Gasteiger partial charge in [0.1, 0.15) is 0 Å². The second-order valence-electron chi connectivity index (χ2n) is 6.05.